The van der Waals surface area contributed by atoms with Crippen LogP contribution in [0.1, 0.15) is 47.5 Å². The second-order valence-corrected chi connectivity index (χ2v) is 5.06. The molecule has 0 saturated carbocycles. The maximum atomic E-state index is 11.6. The predicted octanol–water partition coefficient (Wildman–Crippen LogP) is 3.57. The number of carbonyl (C=O) groups excluding carboxylic acids is 1. The minimum absolute atomic E-state index is 0.0758. The SMILES string of the molecule is CC=CC(C)(CC)CC(C)(C)C(=O)OC. The first-order valence-corrected chi connectivity index (χ1v) is 5.53. The number of rotatable bonds is 5. The summed E-state index contributed by atoms with van der Waals surface area (Å²) in [5.74, 6) is -0.133. The number of ether oxygens (including phenoxy) is 1. The van der Waals surface area contributed by atoms with Gasteiger partial charge in [-0.2, -0.15) is 0 Å². The van der Waals surface area contributed by atoms with Crippen LogP contribution < -0.4 is 0 Å². The van der Waals surface area contributed by atoms with Gasteiger partial charge < -0.3 is 4.74 Å². The van der Waals surface area contributed by atoms with E-state index in [1.807, 2.05) is 20.8 Å². The van der Waals surface area contributed by atoms with Gasteiger partial charge in [-0.05, 0) is 39.0 Å². The van der Waals surface area contributed by atoms with Gasteiger partial charge in [0.15, 0.2) is 0 Å². The molecule has 0 aromatic heterocycles. The highest BCUT2D eigenvalue weighted by atomic mass is 16.5. The maximum Gasteiger partial charge on any atom is 0.311 e. The van der Waals surface area contributed by atoms with E-state index in [1.165, 1.54) is 7.11 Å². The van der Waals surface area contributed by atoms with Crippen molar-refractivity contribution >= 4 is 5.97 Å². The average Bonchev–Trinajstić information content (AvgIpc) is 2.16. The Hall–Kier alpha value is -0.790. The molecular weight excluding hydrogens is 188 g/mol. The first kappa shape index (κ1) is 14.2. The summed E-state index contributed by atoms with van der Waals surface area (Å²) in [5.41, 5.74) is -0.342. The molecule has 0 spiro atoms. The number of hydrogen-bond acceptors (Lipinski definition) is 2. The fourth-order valence-electron chi connectivity index (χ4n) is 2.06. The summed E-state index contributed by atoms with van der Waals surface area (Å²) >= 11 is 0. The molecule has 15 heavy (non-hydrogen) atoms. The smallest absolute Gasteiger partial charge is 0.311 e. The van der Waals surface area contributed by atoms with E-state index in [-0.39, 0.29) is 11.4 Å². The number of carbonyl (C=O) groups is 1. The van der Waals surface area contributed by atoms with Crippen LogP contribution in [0.4, 0.5) is 0 Å². The summed E-state index contributed by atoms with van der Waals surface area (Å²) in [7, 11) is 1.45. The Labute approximate surface area is 93.7 Å². The number of methoxy groups -OCH3 is 1. The van der Waals surface area contributed by atoms with Gasteiger partial charge in [0.25, 0.3) is 0 Å². The zero-order valence-corrected chi connectivity index (χ0v) is 10.9. The summed E-state index contributed by atoms with van der Waals surface area (Å²) in [4.78, 5) is 11.6. The van der Waals surface area contributed by atoms with E-state index in [0.717, 1.165) is 12.8 Å². The molecule has 0 fully saturated rings. The first-order chi connectivity index (χ1) is 6.81. The highest BCUT2D eigenvalue weighted by Crippen LogP contribution is 2.38. The zero-order chi connectivity index (χ0) is 12.1. The van der Waals surface area contributed by atoms with E-state index in [4.69, 9.17) is 4.74 Å². The van der Waals surface area contributed by atoms with Gasteiger partial charge in [0.05, 0.1) is 12.5 Å². The van der Waals surface area contributed by atoms with Crippen molar-refractivity contribution in [3.8, 4) is 0 Å². The normalized spacial score (nSPS) is 16.4. The molecule has 88 valence electrons. The van der Waals surface area contributed by atoms with E-state index in [0.29, 0.717) is 0 Å². The Balaban J connectivity index is 4.74. The van der Waals surface area contributed by atoms with Gasteiger partial charge >= 0.3 is 5.97 Å². The summed E-state index contributed by atoms with van der Waals surface area (Å²) in [5, 5.41) is 0. The van der Waals surface area contributed by atoms with Crippen molar-refractivity contribution < 1.29 is 9.53 Å². The highest BCUT2D eigenvalue weighted by molar-refractivity contribution is 5.75. The maximum absolute atomic E-state index is 11.6. The standard InChI is InChI=1S/C13H24O2/c1-7-9-13(5,8-2)10-12(3,4)11(14)15-6/h7,9H,8,10H2,1-6H3. The van der Waals surface area contributed by atoms with Crippen LogP contribution in [0.15, 0.2) is 12.2 Å². The third-order valence-electron chi connectivity index (χ3n) is 2.96. The molecular formula is C13H24O2. The van der Waals surface area contributed by atoms with Crippen LogP contribution >= 0.6 is 0 Å². The molecule has 0 aliphatic carbocycles. The lowest BCUT2D eigenvalue weighted by Gasteiger charge is -2.33. The van der Waals surface area contributed by atoms with Gasteiger partial charge in [0.2, 0.25) is 0 Å². The van der Waals surface area contributed by atoms with Gasteiger partial charge in [-0.1, -0.05) is 26.0 Å². The van der Waals surface area contributed by atoms with Gasteiger partial charge in [-0.25, -0.2) is 0 Å². The fraction of sp³-hybridized carbons (Fsp3) is 0.769. The quantitative estimate of drug-likeness (QED) is 0.514. The van der Waals surface area contributed by atoms with Crippen LogP contribution in [-0.4, -0.2) is 13.1 Å². The zero-order valence-electron chi connectivity index (χ0n) is 10.9. The lowest BCUT2D eigenvalue weighted by atomic mass is 9.72. The molecule has 0 aromatic carbocycles. The van der Waals surface area contributed by atoms with E-state index >= 15 is 0 Å². The minimum Gasteiger partial charge on any atom is -0.469 e. The molecule has 0 aliphatic heterocycles. The third kappa shape index (κ3) is 4.06. The van der Waals surface area contributed by atoms with Crippen molar-refractivity contribution in [2.24, 2.45) is 10.8 Å². The van der Waals surface area contributed by atoms with Crippen molar-refractivity contribution in [1.29, 1.82) is 0 Å². The molecule has 0 bridgehead atoms. The topological polar surface area (TPSA) is 26.3 Å². The van der Waals surface area contributed by atoms with Crippen molar-refractivity contribution in [1.82, 2.24) is 0 Å². The van der Waals surface area contributed by atoms with Gasteiger partial charge in [-0.15, -0.1) is 0 Å². The van der Waals surface area contributed by atoms with E-state index in [1.54, 1.807) is 0 Å². The van der Waals surface area contributed by atoms with Crippen molar-refractivity contribution in [2.45, 2.75) is 47.5 Å². The fourth-order valence-corrected chi connectivity index (χ4v) is 2.06. The Morgan fingerprint density at radius 1 is 1.33 bits per heavy atom. The first-order valence-electron chi connectivity index (χ1n) is 5.53. The Kier molecular flexibility index (Phi) is 5.06. The number of allylic oxidation sites excluding steroid dienone is 2. The summed E-state index contributed by atoms with van der Waals surface area (Å²) in [6, 6.07) is 0. The molecule has 1 atom stereocenters. The molecule has 0 aliphatic rings. The molecule has 2 heteroatoms. The molecule has 0 amide bonds. The van der Waals surface area contributed by atoms with Crippen LogP contribution in [0.25, 0.3) is 0 Å². The Bertz CT molecular complexity index is 241. The summed E-state index contributed by atoms with van der Waals surface area (Å²) in [6.45, 7) is 10.2. The average molecular weight is 212 g/mol. The highest BCUT2D eigenvalue weighted by Gasteiger charge is 2.35. The Morgan fingerprint density at radius 2 is 1.87 bits per heavy atom. The second-order valence-electron chi connectivity index (χ2n) is 5.06. The number of esters is 1. The van der Waals surface area contributed by atoms with Crippen LogP contribution in [0.3, 0.4) is 0 Å². The van der Waals surface area contributed by atoms with Crippen LogP contribution in [0.2, 0.25) is 0 Å². The molecule has 2 nitrogen and oxygen atoms in total. The summed E-state index contributed by atoms with van der Waals surface area (Å²) in [6.07, 6.45) is 6.07. The molecule has 0 N–H and O–H groups in total. The minimum atomic E-state index is -0.418. The molecule has 1 unspecified atom stereocenters. The van der Waals surface area contributed by atoms with Crippen molar-refractivity contribution in [3.05, 3.63) is 12.2 Å². The van der Waals surface area contributed by atoms with Crippen molar-refractivity contribution in [2.75, 3.05) is 7.11 Å². The van der Waals surface area contributed by atoms with Crippen molar-refractivity contribution in [3.63, 3.8) is 0 Å². The lowest BCUT2D eigenvalue weighted by molar-refractivity contribution is -0.152. The summed E-state index contributed by atoms with van der Waals surface area (Å²) < 4.78 is 4.82. The second kappa shape index (κ2) is 5.34. The van der Waals surface area contributed by atoms with Crippen LogP contribution in [-0.2, 0) is 9.53 Å². The van der Waals surface area contributed by atoms with E-state index < -0.39 is 5.41 Å². The van der Waals surface area contributed by atoms with E-state index in [2.05, 4.69) is 26.0 Å². The molecule has 0 radical (unpaired) electrons. The van der Waals surface area contributed by atoms with Gasteiger partial charge in [-0.3, -0.25) is 4.79 Å². The molecule has 0 aromatic rings. The molecule has 0 heterocycles. The Morgan fingerprint density at radius 3 is 2.20 bits per heavy atom. The van der Waals surface area contributed by atoms with Crippen LogP contribution in [0.5, 0.6) is 0 Å². The predicted molar refractivity (Wildman–Crippen MR) is 63.6 cm³/mol. The molecule has 0 rings (SSSR count). The largest absolute Gasteiger partial charge is 0.469 e. The van der Waals surface area contributed by atoms with Gasteiger partial charge in [0, 0.05) is 0 Å². The van der Waals surface area contributed by atoms with Gasteiger partial charge in [0.1, 0.15) is 0 Å². The number of hydrogen-bond donors (Lipinski definition) is 0. The molecule has 0 saturated heterocycles. The monoisotopic (exact) mass is 212 g/mol. The van der Waals surface area contributed by atoms with E-state index in [9.17, 15) is 4.79 Å². The third-order valence-corrected chi connectivity index (χ3v) is 2.96. The lowest BCUT2D eigenvalue weighted by Crippen LogP contribution is -2.31. The van der Waals surface area contributed by atoms with Crippen LogP contribution in [0, 0.1) is 10.8 Å².